The van der Waals surface area contributed by atoms with E-state index in [1.165, 1.54) is 24.3 Å². The second kappa shape index (κ2) is 9.93. The van der Waals surface area contributed by atoms with Crippen LogP contribution in [0.25, 0.3) is 11.1 Å². The van der Waals surface area contributed by atoms with Gasteiger partial charge in [0.1, 0.15) is 0 Å². The fourth-order valence-electron chi connectivity index (χ4n) is 1.75. The van der Waals surface area contributed by atoms with Gasteiger partial charge in [-0.1, -0.05) is 24.3 Å². The maximum atomic E-state index is 12.6. The van der Waals surface area contributed by atoms with Gasteiger partial charge in [0.05, 0.1) is 11.1 Å². The molecule has 2 aromatic carbocycles. The Labute approximate surface area is 143 Å². The fraction of sp³-hybridized carbons (Fsp3) is 0.125. The second-order valence-electron chi connectivity index (χ2n) is 4.36. The molecule has 0 saturated heterocycles. The topological polar surface area (TPSA) is 81.8 Å². The van der Waals surface area contributed by atoms with Crippen LogP contribution in [-0.4, -0.2) is 12.2 Å². The van der Waals surface area contributed by atoms with Gasteiger partial charge in [-0.05, 0) is 35.4 Å². The van der Waals surface area contributed by atoms with Crippen LogP contribution in [0.15, 0.2) is 48.5 Å². The van der Waals surface area contributed by atoms with Crippen molar-refractivity contribution in [2.75, 3.05) is 0 Å². The molecule has 4 nitrogen and oxygen atoms in total. The number of halogens is 6. The van der Waals surface area contributed by atoms with Crippen molar-refractivity contribution in [2.24, 2.45) is 0 Å². The molecule has 0 aliphatic carbocycles. The number of benzene rings is 2. The lowest BCUT2D eigenvalue weighted by molar-refractivity contribution is -0.138. The molecular formula is C16H10F6N2O2. The van der Waals surface area contributed by atoms with Gasteiger partial charge in [-0.25, -0.2) is 20.4 Å². The van der Waals surface area contributed by atoms with Crippen molar-refractivity contribution in [3.63, 3.8) is 0 Å². The van der Waals surface area contributed by atoms with Gasteiger partial charge >= 0.3 is 12.4 Å². The molecule has 10 heteroatoms. The van der Waals surface area contributed by atoms with Crippen LogP contribution in [0.5, 0.6) is 0 Å². The Morgan fingerprint density at radius 2 is 0.923 bits per heavy atom. The lowest BCUT2D eigenvalue weighted by Gasteiger charge is -2.11. The average molecular weight is 376 g/mol. The van der Waals surface area contributed by atoms with Crippen LogP contribution < -0.4 is 0 Å². The molecule has 2 N–H and O–H groups in total. The minimum Gasteiger partial charge on any atom is -0.222 e. The zero-order chi connectivity index (χ0) is 20.4. The maximum absolute atomic E-state index is 12.6. The number of hydrogen-bond acceptors (Lipinski definition) is 4. The third-order valence-electron chi connectivity index (χ3n) is 2.71. The summed E-state index contributed by atoms with van der Waals surface area (Å²) in [6, 6.07) is 8.41. The van der Waals surface area contributed by atoms with Gasteiger partial charge in [-0.3, -0.25) is 0 Å². The number of isocyanates is 2. The predicted octanol–water partition coefficient (Wildman–Crippen LogP) is 5.19. The lowest BCUT2D eigenvalue weighted by Crippen LogP contribution is -2.05. The second-order valence-corrected chi connectivity index (χ2v) is 4.36. The summed E-state index contributed by atoms with van der Waals surface area (Å²) < 4.78 is 75.4. The highest BCUT2D eigenvalue weighted by atomic mass is 19.4. The Hall–Kier alpha value is -3.22. The van der Waals surface area contributed by atoms with Gasteiger partial charge < -0.3 is 0 Å². The van der Waals surface area contributed by atoms with E-state index in [9.17, 15) is 26.3 Å². The van der Waals surface area contributed by atoms with E-state index in [1.807, 2.05) is 0 Å². The van der Waals surface area contributed by atoms with E-state index in [-0.39, 0.29) is 11.1 Å². The first-order valence-electron chi connectivity index (χ1n) is 6.43. The van der Waals surface area contributed by atoms with Gasteiger partial charge in [0.25, 0.3) is 0 Å². The molecule has 0 unspecified atom stereocenters. The first-order chi connectivity index (χ1) is 12.0. The molecular weight excluding hydrogens is 366 g/mol. The molecule has 138 valence electrons. The summed E-state index contributed by atoms with van der Waals surface area (Å²) in [4.78, 5) is 16.7. The van der Waals surface area contributed by atoms with Gasteiger partial charge in [0, 0.05) is 0 Å². The molecule has 0 saturated carbocycles. The fourth-order valence-corrected chi connectivity index (χ4v) is 1.75. The van der Waals surface area contributed by atoms with E-state index in [1.54, 1.807) is 0 Å². The van der Waals surface area contributed by atoms with Crippen LogP contribution in [0.4, 0.5) is 26.3 Å². The minimum absolute atomic E-state index is 0.0888. The number of carbonyl (C=O) groups excluding carboxylic acids is 2. The minimum atomic E-state index is -4.53. The Bertz CT molecular complexity index is 720. The quantitative estimate of drug-likeness (QED) is 0.408. The van der Waals surface area contributed by atoms with Crippen LogP contribution in [0.3, 0.4) is 0 Å². The largest absolute Gasteiger partial charge is 0.416 e. The summed E-state index contributed by atoms with van der Waals surface area (Å²) in [5, 5.41) is 10.8. The van der Waals surface area contributed by atoms with Crippen molar-refractivity contribution < 1.29 is 35.9 Å². The monoisotopic (exact) mass is 376 g/mol. The predicted molar refractivity (Wildman–Crippen MR) is 78.7 cm³/mol. The van der Waals surface area contributed by atoms with Crippen molar-refractivity contribution in [3.8, 4) is 11.1 Å². The van der Waals surface area contributed by atoms with E-state index >= 15 is 0 Å². The summed E-state index contributed by atoms with van der Waals surface area (Å²) in [6.45, 7) is 0. The lowest BCUT2D eigenvalue weighted by atomic mass is 10.0. The first-order valence-corrected chi connectivity index (χ1v) is 6.43. The number of hydrogen-bond donors (Lipinski definition) is 2. The van der Waals surface area contributed by atoms with Crippen molar-refractivity contribution in [1.82, 2.24) is 0 Å². The van der Waals surface area contributed by atoms with Crippen molar-refractivity contribution >= 4 is 12.2 Å². The van der Waals surface area contributed by atoms with E-state index in [0.717, 1.165) is 36.4 Å². The zero-order valence-electron chi connectivity index (χ0n) is 12.7. The zero-order valence-corrected chi connectivity index (χ0v) is 12.7. The van der Waals surface area contributed by atoms with E-state index < -0.39 is 23.5 Å². The molecule has 2 aromatic rings. The molecule has 26 heavy (non-hydrogen) atoms. The number of nitrogens with one attached hydrogen (secondary N) is 2. The summed E-state index contributed by atoms with van der Waals surface area (Å²) in [6.07, 6.45) is -7.56. The van der Waals surface area contributed by atoms with Crippen LogP contribution in [-0.2, 0) is 21.9 Å². The molecule has 0 radical (unpaired) electrons. The average Bonchev–Trinajstić information content (AvgIpc) is 2.55. The highest BCUT2D eigenvalue weighted by molar-refractivity contribution is 5.65. The van der Waals surface area contributed by atoms with Gasteiger partial charge in [-0.2, -0.15) is 26.3 Å². The molecule has 0 spiro atoms. The standard InChI is InChI=1S/C14H8F6.2CHNO/c15-13(16,17)11-5-1-3-9(7-11)10-4-2-6-12(8-10)14(18,19)20;2*2-1-3/h1-8H;2*2H. The molecule has 0 heterocycles. The summed E-state index contributed by atoms with van der Waals surface area (Å²) >= 11 is 0. The SMILES string of the molecule is FC(F)(F)c1cccc(-c2cccc(C(F)(F)F)c2)c1.N=C=O.N=C=O. The molecule has 0 fully saturated rings. The summed E-state index contributed by atoms with van der Waals surface area (Å²) in [5.74, 6) is 0. The first kappa shape index (κ1) is 22.8. The van der Waals surface area contributed by atoms with Crippen LogP contribution in [0, 0.1) is 10.8 Å². The van der Waals surface area contributed by atoms with E-state index in [0.29, 0.717) is 0 Å². The molecule has 0 aliphatic rings. The van der Waals surface area contributed by atoms with E-state index in [2.05, 4.69) is 0 Å². The smallest absolute Gasteiger partial charge is 0.222 e. The van der Waals surface area contributed by atoms with Crippen molar-refractivity contribution in [2.45, 2.75) is 12.4 Å². The summed E-state index contributed by atoms with van der Waals surface area (Å²) in [5.41, 5.74) is -1.61. The van der Waals surface area contributed by atoms with Crippen LogP contribution in [0.2, 0.25) is 0 Å². The number of alkyl halides is 6. The number of rotatable bonds is 1. The Morgan fingerprint density at radius 1 is 0.654 bits per heavy atom. The highest BCUT2D eigenvalue weighted by Crippen LogP contribution is 2.34. The third kappa shape index (κ3) is 7.57. The molecule has 2 rings (SSSR count). The van der Waals surface area contributed by atoms with Gasteiger partial charge in [0.2, 0.25) is 12.2 Å². The van der Waals surface area contributed by atoms with Gasteiger partial charge in [0.15, 0.2) is 0 Å². The Kier molecular flexibility index (Phi) is 8.70. The molecule has 0 bridgehead atoms. The molecule has 0 aliphatic heterocycles. The van der Waals surface area contributed by atoms with E-state index in [4.69, 9.17) is 20.4 Å². The Morgan fingerprint density at radius 3 is 1.15 bits per heavy atom. The van der Waals surface area contributed by atoms with Crippen molar-refractivity contribution in [3.05, 3.63) is 59.7 Å². The van der Waals surface area contributed by atoms with Gasteiger partial charge in [-0.15, -0.1) is 0 Å². The van der Waals surface area contributed by atoms with Crippen LogP contribution in [0.1, 0.15) is 11.1 Å². The molecule has 0 amide bonds. The Balaban J connectivity index is 0.000000918. The summed E-state index contributed by atoms with van der Waals surface area (Å²) in [7, 11) is 0. The normalized spacial score (nSPS) is 10.2. The third-order valence-corrected chi connectivity index (χ3v) is 2.71. The highest BCUT2D eigenvalue weighted by Gasteiger charge is 2.32. The maximum Gasteiger partial charge on any atom is 0.416 e. The molecule has 0 atom stereocenters. The van der Waals surface area contributed by atoms with Crippen molar-refractivity contribution in [1.29, 1.82) is 10.8 Å². The van der Waals surface area contributed by atoms with Crippen LogP contribution >= 0.6 is 0 Å². The molecule has 0 aromatic heterocycles.